The topological polar surface area (TPSA) is 37.3 Å². The molecule has 0 saturated heterocycles. The van der Waals surface area contributed by atoms with Crippen LogP contribution < -0.4 is 0 Å². The van der Waals surface area contributed by atoms with Crippen molar-refractivity contribution < 1.29 is 18.7 Å². The molecule has 1 aromatic rings. The summed E-state index contributed by atoms with van der Waals surface area (Å²) in [5, 5.41) is 8.34. The second-order valence-electron chi connectivity index (χ2n) is 3.08. The Morgan fingerprint density at radius 1 is 1.57 bits per heavy atom. The van der Waals surface area contributed by atoms with E-state index in [1.807, 2.05) is 0 Å². The van der Waals surface area contributed by atoms with Crippen molar-refractivity contribution in [2.45, 2.75) is 19.5 Å². The lowest BCUT2D eigenvalue weighted by molar-refractivity contribution is -0.142. The lowest BCUT2D eigenvalue weighted by atomic mass is 10.0. The fourth-order valence-corrected chi connectivity index (χ4v) is 1.17. The molecule has 0 heterocycles. The summed E-state index contributed by atoms with van der Waals surface area (Å²) in [4.78, 5) is 10.2. The van der Waals surface area contributed by atoms with Crippen LogP contribution in [0.4, 0.5) is 8.78 Å². The van der Waals surface area contributed by atoms with Crippen LogP contribution in [0.15, 0.2) is 18.2 Å². The molecule has 1 atom stereocenters. The molecule has 0 saturated carbocycles. The third-order valence-corrected chi connectivity index (χ3v) is 1.97. The Morgan fingerprint density at radius 2 is 2.21 bits per heavy atom. The Kier molecular flexibility index (Phi) is 3.17. The number of benzene rings is 1. The zero-order valence-electron chi connectivity index (χ0n) is 7.63. The summed E-state index contributed by atoms with van der Waals surface area (Å²) in [5.74, 6) is -1.90. The molecule has 14 heavy (non-hydrogen) atoms. The lowest BCUT2D eigenvalue weighted by Crippen LogP contribution is -2.17. The molecule has 0 aliphatic carbocycles. The highest BCUT2D eigenvalue weighted by atomic mass is 19.1. The van der Waals surface area contributed by atoms with Crippen molar-refractivity contribution in [1.82, 2.24) is 0 Å². The maximum absolute atomic E-state index is 12.8. The van der Waals surface area contributed by atoms with Gasteiger partial charge in [-0.3, -0.25) is 0 Å². The summed E-state index contributed by atoms with van der Waals surface area (Å²) < 4.78 is 25.4. The number of rotatable bonds is 3. The Morgan fingerprint density at radius 3 is 2.71 bits per heavy atom. The summed E-state index contributed by atoms with van der Waals surface area (Å²) in [6.07, 6.45) is -2.15. The third kappa shape index (κ3) is 2.52. The minimum Gasteiger partial charge on any atom is -0.479 e. The van der Waals surface area contributed by atoms with Crippen LogP contribution in [-0.4, -0.2) is 17.2 Å². The molecule has 1 rings (SSSR count). The van der Waals surface area contributed by atoms with Gasteiger partial charge in [-0.2, -0.15) is 0 Å². The van der Waals surface area contributed by atoms with Gasteiger partial charge in [0.25, 0.3) is 0 Å². The molecule has 0 fully saturated rings. The van der Waals surface area contributed by atoms with Crippen molar-refractivity contribution in [3.8, 4) is 0 Å². The molecule has 0 radical (unpaired) electrons. The minimum absolute atomic E-state index is 0.221. The van der Waals surface area contributed by atoms with Crippen molar-refractivity contribution in [2.75, 3.05) is 0 Å². The van der Waals surface area contributed by atoms with Crippen LogP contribution in [0.25, 0.3) is 0 Å². The fourth-order valence-electron chi connectivity index (χ4n) is 1.17. The van der Waals surface area contributed by atoms with E-state index in [1.54, 1.807) is 6.92 Å². The average molecular weight is 200 g/mol. The molecule has 0 aliphatic rings. The van der Waals surface area contributed by atoms with Crippen LogP contribution in [0.1, 0.15) is 11.1 Å². The number of halogens is 2. The number of carbonyl (C=O) groups is 1. The van der Waals surface area contributed by atoms with Crippen molar-refractivity contribution in [3.05, 3.63) is 35.1 Å². The van der Waals surface area contributed by atoms with E-state index in [-0.39, 0.29) is 6.42 Å². The van der Waals surface area contributed by atoms with Crippen LogP contribution in [0.2, 0.25) is 0 Å². The van der Waals surface area contributed by atoms with Crippen molar-refractivity contribution in [1.29, 1.82) is 0 Å². The second-order valence-corrected chi connectivity index (χ2v) is 3.08. The molecule has 0 spiro atoms. The number of carboxylic acid groups (broad SMARTS) is 1. The number of alkyl halides is 1. The van der Waals surface area contributed by atoms with Gasteiger partial charge in [0.15, 0.2) is 0 Å². The maximum Gasteiger partial charge on any atom is 0.338 e. The minimum atomic E-state index is -1.93. The molecular formula is C10H10F2O2. The molecule has 2 nitrogen and oxygen atoms in total. The molecule has 1 N–H and O–H groups in total. The van der Waals surface area contributed by atoms with E-state index >= 15 is 0 Å². The number of aliphatic carboxylic acids is 1. The normalized spacial score (nSPS) is 12.5. The van der Waals surface area contributed by atoms with Gasteiger partial charge in [0.05, 0.1) is 0 Å². The fraction of sp³-hybridized carbons (Fsp3) is 0.300. The molecule has 1 unspecified atom stereocenters. The Balaban J connectivity index is 2.82. The second kappa shape index (κ2) is 4.17. The molecule has 0 bridgehead atoms. The van der Waals surface area contributed by atoms with Crippen LogP contribution in [0, 0.1) is 12.7 Å². The molecule has 76 valence electrons. The highest BCUT2D eigenvalue weighted by molar-refractivity contribution is 5.72. The first-order valence-electron chi connectivity index (χ1n) is 4.12. The molecular weight excluding hydrogens is 190 g/mol. The van der Waals surface area contributed by atoms with E-state index in [2.05, 4.69) is 0 Å². The van der Waals surface area contributed by atoms with Crippen molar-refractivity contribution in [2.24, 2.45) is 0 Å². The van der Waals surface area contributed by atoms with E-state index in [1.165, 1.54) is 18.2 Å². The number of hydrogen-bond acceptors (Lipinski definition) is 1. The number of hydrogen-bond donors (Lipinski definition) is 1. The summed E-state index contributed by atoms with van der Waals surface area (Å²) in [6, 6.07) is 3.85. The van der Waals surface area contributed by atoms with Crippen LogP contribution in [-0.2, 0) is 11.2 Å². The van der Waals surface area contributed by atoms with Gasteiger partial charge in [-0.05, 0) is 30.2 Å². The molecule has 0 aliphatic heterocycles. The lowest BCUT2D eigenvalue weighted by Gasteiger charge is -2.06. The standard InChI is InChI=1S/C10H10F2O2/c1-6-4-8(11)3-2-7(6)5-9(12)10(13)14/h2-4,9H,5H2,1H3,(H,13,14). The zero-order chi connectivity index (χ0) is 10.7. The Hall–Kier alpha value is -1.45. The average Bonchev–Trinajstić information content (AvgIpc) is 2.09. The zero-order valence-corrected chi connectivity index (χ0v) is 7.63. The maximum atomic E-state index is 12.8. The van der Waals surface area contributed by atoms with Crippen LogP contribution >= 0.6 is 0 Å². The van der Waals surface area contributed by atoms with E-state index in [9.17, 15) is 13.6 Å². The smallest absolute Gasteiger partial charge is 0.338 e. The SMILES string of the molecule is Cc1cc(F)ccc1CC(F)C(=O)O. The largest absolute Gasteiger partial charge is 0.479 e. The van der Waals surface area contributed by atoms with Gasteiger partial charge >= 0.3 is 5.97 Å². The monoisotopic (exact) mass is 200 g/mol. The van der Waals surface area contributed by atoms with Crippen LogP contribution in [0.5, 0.6) is 0 Å². The van der Waals surface area contributed by atoms with Crippen LogP contribution in [0.3, 0.4) is 0 Å². The first-order valence-corrected chi connectivity index (χ1v) is 4.12. The van der Waals surface area contributed by atoms with E-state index in [0.29, 0.717) is 11.1 Å². The molecule has 0 aromatic heterocycles. The molecule has 0 amide bonds. The van der Waals surface area contributed by atoms with Gasteiger partial charge in [-0.15, -0.1) is 0 Å². The summed E-state index contributed by atoms with van der Waals surface area (Å²) >= 11 is 0. The van der Waals surface area contributed by atoms with Gasteiger partial charge < -0.3 is 5.11 Å². The summed E-state index contributed by atoms with van der Waals surface area (Å²) in [5.41, 5.74) is 1.08. The highest BCUT2D eigenvalue weighted by Gasteiger charge is 2.17. The van der Waals surface area contributed by atoms with E-state index in [0.717, 1.165) is 0 Å². The van der Waals surface area contributed by atoms with Gasteiger partial charge in [0, 0.05) is 6.42 Å². The van der Waals surface area contributed by atoms with E-state index in [4.69, 9.17) is 5.11 Å². The number of carboxylic acids is 1. The Bertz CT molecular complexity index is 350. The van der Waals surface area contributed by atoms with Gasteiger partial charge in [0.1, 0.15) is 5.82 Å². The first kappa shape index (κ1) is 10.6. The van der Waals surface area contributed by atoms with Gasteiger partial charge in [-0.25, -0.2) is 13.6 Å². The first-order chi connectivity index (χ1) is 6.50. The Labute approximate surface area is 80.2 Å². The quantitative estimate of drug-likeness (QED) is 0.811. The molecule has 4 heteroatoms. The summed E-state index contributed by atoms with van der Waals surface area (Å²) in [7, 11) is 0. The van der Waals surface area contributed by atoms with Crippen molar-refractivity contribution in [3.63, 3.8) is 0 Å². The van der Waals surface area contributed by atoms with Crippen molar-refractivity contribution >= 4 is 5.97 Å². The van der Waals surface area contributed by atoms with Gasteiger partial charge in [0.2, 0.25) is 6.17 Å². The summed E-state index contributed by atoms with van der Waals surface area (Å²) in [6.45, 7) is 1.62. The van der Waals surface area contributed by atoms with Gasteiger partial charge in [-0.1, -0.05) is 6.07 Å². The third-order valence-electron chi connectivity index (χ3n) is 1.97. The predicted octanol–water partition coefficient (Wildman–Crippen LogP) is 2.10. The predicted molar refractivity (Wildman–Crippen MR) is 47.4 cm³/mol. The molecule has 1 aromatic carbocycles. The number of aryl methyl sites for hydroxylation is 1. The van der Waals surface area contributed by atoms with E-state index < -0.39 is 18.0 Å². The highest BCUT2D eigenvalue weighted by Crippen LogP contribution is 2.13.